The van der Waals surface area contributed by atoms with Gasteiger partial charge in [0.15, 0.2) is 5.76 Å². The Kier molecular flexibility index (Phi) is 4.05. The molecule has 3 nitrogen and oxygen atoms in total. The van der Waals surface area contributed by atoms with Crippen molar-refractivity contribution in [2.24, 2.45) is 0 Å². The standard InChI is InChI=1S/C14H14ClNO2/c1-10-2-7-13(18-10)14(17)16-9-8-11-3-5-12(15)6-4-11/h2-7H,8-9H2,1H3,(H,16,17). The molecule has 0 spiro atoms. The Morgan fingerprint density at radius 2 is 1.94 bits per heavy atom. The second-order valence-electron chi connectivity index (χ2n) is 4.04. The van der Waals surface area contributed by atoms with E-state index in [0.717, 1.165) is 17.7 Å². The predicted molar refractivity (Wildman–Crippen MR) is 70.9 cm³/mol. The number of carbonyl (C=O) groups excluding carboxylic acids is 1. The lowest BCUT2D eigenvalue weighted by Crippen LogP contribution is -2.25. The third-order valence-electron chi connectivity index (χ3n) is 2.58. The van der Waals surface area contributed by atoms with Crippen LogP contribution in [-0.4, -0.2) is 12.5 Å². The van der Waals surface area contributed by atoms with Crippen molar-refractivity contribution in [3.63, 3.8) is 0 Å². The topological polar surface area (TPSA) is 42.2 Å². The summed E-state index contributed by atoms with van der Waals surface area (Å²) in [5.41, 5.74) is 1.13. The fourth-order valence-electron chi connectivity index (χ4n) is 1.62. The highest BCUT2D eigenvalue weighted by atomic mass is 35.5. The van der Waals surface area contributed by atoms with Crippen molar-refractivity contribution in [3.8, 4) is 0 Å². The van der Waals surface area contributed by atoms with Crippen molar-refractivity contribution in [2.45, 2.75) is 13.3 Å². The molecule has 2 rings (SSSR count). The zero-order chi connectivity index (χ0) is 13.0. The van der Waals surface area contributed by atoms with Crippen LogP contribution in [0.15, 0.2) is 40.8 Å². The van der Waals surface area contributed by atoms with Crippen molar-refractivity contribution in [2.75, 3.05) is 6.54 Å². The second-order valence-corrected chi connectivity index (χ2v) is 4.48. The number of hydrogen-bond acceptors (Lipinski definition) is 2. The lowest BCUT2D eigenvalue weighted by molar-refractivity contribution is 0.0925. The Balaban J connectivity index is 1.82. The van der Waals surface area contributed by atoms with Gasteiger partial charge in [0.25, 0.3) is 5.91 Å². The van der Waals surface area contributed by atoms with Crippen molar-refractivity contribution >= 4 is 17.5 Å². The van der Waals surface area contributed by atoms with E-state index in [1.165, 1.54) is 0 Å². The van der Waals surface area contributed by atoms with E-state index in [1.54, 1.807) is 12.1 Å². The van der Waals surface area contributed by atoms with Gasteiger partial charge in [-0.1, -0.05) is 23.7 Å². The van der Waals surface area contributed by atoms with Crippen molar-refractivity contribution in [1.82, 2.24) is 5.32 Å². The molecular formula is C14H14ClNO2. The monoisotopic (exact) mass is 263 g/mol. The molecule has 1 amide bonds. The highest BCUT2D eigenvalue weighted by Crippen LogP contribution is 2.10. The van der Waals surface area contributed by atoms with E-state index < -0.39 is 0 Å². The molecule has 0 atom stereocenters. The van der Waals surface area contributed by atoms with E-state index in [-0.39, 0.29) is 5.91 Å². The molecule has 1 aromatic heterocycles. The van der Waals surface area contributed by atoms with E-state index in [0.29, 0.717) is 17.3 Å². The maximum Gasteiger partial charge on any atom is 0.287 e. The van der Waals surface area contributed by atoms with Gasteiger partial charge in [-0.3, -0.25) is 4.79 Å². The highest BCUT2D eigenvalue weighted by molar-refractivity contribution is 6.30. The molecule has 0 aliphatic heterocycles. The smallest absolute Gasteiger partial charge is 0.287 e. The summed E-state index contributed by atoms with van der Waals surface area (Å²) in [6.45, 7) is 2.38. The van der Waals surface area contributed by atoms with Gasteiger partial charge in [0, 0.05) is 11.6 Å². The highest BCUT2D eigenvalue weighted by Gasteiger charge is 2.08. The quantitative estimate of drug-likeness (QED) is 0.920. The van der Waals surface area contributed by atoms with Gasteiger partial charge in [0.05, 0.1) is 0 Å². The van der Waals surface area contributed by atoms with E-state index in [1.807, 2.05) is 31.2 Å². The molecule has 94 valence electrons. The first-order valence-corrected chi connectivity index (χ1v) is 6.12. The number of halogens is 1. The second kappa shape index (κ2) is 5.74. The minimum absolute atomic E-state index is 0.183. The van der Waals surface area contributed by atoms with Crippen LogP contribution in [0.5, 0.6) is 0 Å². The molecule has 18 heavy (non-hydrogen) atoms. The number of hydrogen-bond donors (Lipinski definition) is 1. The van der Waals surface area contributed by atoms with E-state index >= 15 is 0 Å². The summed E-state index contributed by atoms with van der Waals surface area (Å²) in [6, 6.07) is 11.0. The number of furan rings is 1. The average molecular weight is 264 g/mol. The van der Waals surface area contributed by atoms with Crippen LogP contribution in [0.3, 0.4) is 0 Å². The van der Waals surface area contributed by atoms with Gasteiger partial charge in [-0.2, -0.15) is 0 Å². The molecule has 0 aliphatic carbocycles. The molecule has 0 fully saturated rings. The van der Waals surface area contributed by atoms with Crippen LogP contribution in [-0.2, 0) is 6.42 Å². The Morgan fingerprint density at radius 1 is 1.22 bits per heavy atom. The van der Waals surface area contributed by atoms with Crippen LogP contribution in [0.1, 0.15) is 21.9 Å². The Labute approximate surface area is 111 Å². The zero-order valence-corrected chi connectivity index (χ0v) is 10.8. The summed E-state index contributed by atoms with van der Waals surface area (Å²) in [4.78, 5) is 11.7. The molecule has 0 saturated heterocycles. The maximum atomic E-state index is 11.7. The molecule has 0 aliphatic rings. The van der Waals surface area contributed by atoms with Crippen LogP contribution in [0, 0.1) is 6.92 Å². The predicted octanol–water partition coefficient (Wildman–Crippen LogP) is 3.21. The molecule has 1 heterocycles. The number of rotatable bonds is 4. The normalized spacial score (nSPS) is 10.3. The van der Waals surface area contributed by atoms with Gasteiger partial charge in [0.2, 0.25) is 0 Å². The first kappa shape index (κ1) is 12.7. The van der Waals surface area contributed by atoms with Crippen molar-refractivity contribution in [3.05, 3.63) is 58.5 Å². The molecular weight excluding hydrogens is 250 g/mol. The van der Waals surface area contributed by atoms with Crippen molar-refractivity contribution < 1.29 is 9.21 Å². The average Bonchev–Trinajstić information content (AvgIpc) is 2.78. The SMILES string of the molecule is Cc1ccc(C(=O)NCCc2ccc(Cl)cc2)o1. The Hall–Kier alpha value is -1.74. The van der Waals surface area contributed by atoms with Gasteiger partial charge < -0.3 is 9.73 Å². The molecule has 1 aromatic carbocycles. The van der Waals surface area contributed by atoms with Gasteiger partial charge in [-0.05, 0) is 43.2 Å². The fourth-order valence-corrected chi connectivity index (χ4v) is 1.74. The molecule has 0 radical (unpaired) electrons. The third-order valence-corrected chi connectivity index (χ3v) is 2.83. The fraction of sp³-hybridized carbons (Fsp3) is 0.214. The van der Waals surface area contributed by atoms with Crippen LogP contribution in [0.4, 0.5) is 0 Å². The number of amides is 1. The first-order chi connectivity index (χ1) is 8.65. The van der Waals surface area contributed by atoms with Crippen molar-refractivity contribution in [1.29, 1.82) is 0 Å². The lowest BCUT2D eigenvalue weighted by atomic mass is 10.1. The number of nitrogens with one attached hydrogen (secondary N) is 1. The largest absolute Gasteiger partial charge is 0.456 e. The maximum absolute atomic E-state index is 11.7. The number of benzene rings is 1. The molecule has 0 bridgehead atoms. The van der Waals surface area contributed by atoms with Gasteiger partial charge >= 0.3 is 0 Å². The third kappa shape index (κ3) is 3.37. The molecule has 2 aromatic rings. The van der Waals surface area contributed by atoms with Crippen LogP contribution < -0.4 is 5.32 Å². The van der Waals surface area contributed by atoms with Gasteiger partial charge in [-0.15, -0.1) is 0 Å². The summed E-state index contributed by atoms with van der Waals surface area (Å²) in [5.74, 6) is 0.901. The molecule has 0 saturated carbocycles. The molecule has 4 heteroatoms. The van der Waals surface area contributed by atoms with E-state index in [2.05, 4.69) is 5.32 Å². The van der Waals surface area contributed by atoms with Gasteiger partial charge in [0.1, 0.15) is 5.76 Å². The summed E-state index contributed by atoms with van der Waals surface area (Å²) < 4.78 is 5.23. The summed E-state index contributed by atoms with van der Waals surface area (Å²) in [7, 11) is 0. The lowest BCUT2D eigenvalue weighted by Gasteiger charge is -2.03. The molecule has 1 N–H and O–H groups in total. The van der Waals surface area contributed by atoms with E-state index in [4.69, 9.17) is 16.0 Å². The first-order valence-electron chi connectivity index (χ1n) is 5.74. The summed E-state index contributed by atoms with van der Waals surface area (Å²) in [5, 5.41) is 3.53. The van der Waals surface area contributed by atoms with E-state index in [9.17, 15) is 4.79 Å². The number of aryl methyl sites for hydroxylation is 1. The minimum Gasteiger partial charge on any atom is -0.456 e. The molecule has 0 unspecified atom stereocenters. The van der Waals surface area contributed by atoms with Crippen LogP contribution in [0.25, 0.3) is 0 Å². The van der Waals surface area contributed by atoms with Crippen LogP contribution >= 0.6 is 11.6 Å². The van der Waals surface area contributed by atoms with Gasteiger partial charge in [-0.25, -0.2) is 0 Å². The summed E-state index contributed by atoms with van der Waals surface area (Å²) in [6.07, 6.45) is 0.766. The summed E-state index contributed by atoms with van der Waals surface area (Å²) >= 11 is 5.80. The zero-order valence-electron chi connectivity index (χ0n) is 10.1. The Bertz CT molecular complexity index is 531. The van der Waals surface area contributed by atoms with Crippen LogP contribution in [0.2, 0.25) is 5.02 Å². The Morgan fingerprint density at radius 3 is 2.56 bits per heavy atom. The number of carbonyl (C=O) groups is 1. The minimum atomic E-state index is -0.183.